The minimum absolute atomic E-state index is 0.00302. The van der Waals surface area contributed by atoms with Crippen LogP contribution in [-0.4, -0.2) is 40.4 Å². The largest absolute Gasteiger partial charge is 0.479 e. The number of aliphatic hydroxyl groups is 1. The Hall–Kier alpha value is -1.30. The van der Waals surface area contributed by atoms with Crippen molar-refractivity contribution in [3.05, 3.63) is 0 Å². The van der Waals surface area contributed by atoms with Crippen LogP contribution in [0.15, 0.2) is 0 Å². The molecule has 0 aliphatic carbocycles. The minimum Gasteiger partial charge on any atom is -0.479 e. The molecule has 0 aromatic rings. The van der Waals surface area contributed by atoms with E-state index in [2.05, 4.69) is 10.6 Å². The maximum absolute atomic E-state index is 11.4. The smallest absolute Gasteiger partial charge is 0.332 e. The first-order valence-electron chi connectivity index (χ1n) is 5.75. The fourth-order valence-electron chi connectivity index (χ4n) is 1.48. The number of hydrogen-bond donors (Lipinski definition) is 4. The Bertz CT molecular complexity index is 266. The third kappa shape index (κ3) is 7.57. The van der Waals surface area contributed by atoms with Gasteiger partial charge in [-0.25, -0.2) is 9.59 Å². The van der Waals surface area contributed by atoms with E-state index in [-0.39, 0.29) is 24.5 Å². The monoisotopic (exact) mass is 246 g/mol. The van der Waals surface area contributed by atoms with Gasteiger partial charge < -0.3 is 20.8 Å². The van der Waals surface area contributed by atoms with Gasteiger partial charge in [-0.15, -0.1) is 0 Å². The van der Waals surface area contributed by atoms with E-state index in [1.54, 1.807) is 0 Å². The SMILES string of the molecule is CCCC(C)(C)NC(=O)NCC[C@H](O)C(=O)O. The van der Waals surface area contributed by atoms with Crippen LogP contribution in [0.5, 0.6) is 0 Å². The molecule has 0 saturated carbocycles. The number of urea groups is 1. The Morgan fingerprint density at radius 3 is 2.41 bits per heavy atom. The molecule has 2 amide bonds. The number of rotatable bonds is 7. The second-order valence-corrected chi connectivity index (χ2v) is 4.66. The summed E-state index contributed by atoms with van der Waals surface area (Å²) in [5.41, 5.74) is -0.287. The van der Waals surface area contributed by atoms with E-state index in [1.165, 1.54) is 0 Å². The second-order valence-electron chi connectivity index (χ2n) is 4.66. The molecule has 0 radical (unpaired) electrons. The normalized spacial score (nSPS) is 12.9. The lowest BCUT2D eigenvalue weighted by molar-refractivity contribution is -0.146. The number of hydrogen-bond acceptors (Lipinski definition) is 3. The second kappa shape index (κ2) is 7.11. The zero-order valence-corrected chi connectivity index (χ0v) is 10.6. The van der Waals surface area contributed by atoms with E-state index in [4.69, 9.17) is 10.2 Å². The fraction of sp³-hybridized carbons (Fsp3) is 0.818. The van der Waals surface area contributed by atoms with Gasteiger partial charge in [0.05, 0.1) is 0 Å². The molecule has 100 valence electrons. The van der Waals surface area contributed by atoms with Gasteiger partial charge >= 0.3 is 12.0 Å². The van der Waals surface area contributed by atoms with Gasteiger partial charge in [-0.05, 0) is 20.3 Å². The van der Waals surface area contributed by atoms with E-state index in [0.29, 0.717) is 0 Å². The summed E-state index contributed by atoms with van der Waals surface area (Å²) < 4.78 is 0. The molecule has 0 saturated heterocycles. The summed E-state index contributed by atoms with van der Waals surface area (Å²) in [7, 11) is 0. The third-order valence-corrected chi connectivity index (χ3v) is 2.32. The van der Waals surface area contributed by atoms with Crippen LogP contribution in [0.2, 0.25) is 0 Å². The highest BCUT2D eigenvalue weighted by Gasteiger charge is 2.19. The predicted molar refractivity (Wildman–Crippen MR) is 63.8 cm³/mol. The molecule has 1 atom stereocenters. The molecule has 0 aliphatic heterocycles. The van der Waals surface area contributed by atoms with E-state index < -0.39 is 12.1 Å². The number of nitrogens with one attached hydrogen (secondary N) is 2. The van der Waals surface area contributed by atoms with Crippen LogP contribution in [0.3, 0.4) is 0 Å². The standard InChI is InChI=1S/C11H22N2O4/c1-4-6-11(2,3)13-10(17)12-7-5-8(14)9(15)16/h8,14H,4-7H2,1-3H3,(H,15,16)(H2,12,13,17)/t8-/m0/s1. The number of aliphatic carboxylic acids is 1. The van der Waals surface area contributed by atoms with Gasteiger partial charge in [0.2, 0.25) is 0 Å². The van der Waals surface area contributed by atoms with Crippen molar-refractivity contribution in [2.24, 2.45) is 0 Å². The topological polar surface area (TPSA) is 98.7 Å². The molecule has 0 unspecified atom stereocenters. The highest BCUT2D eigenvalue weighted by atomic mass is 16.4. The Morgan fingerprint density at radius 1 is 1.35 bits per heavy atom. The summed E-state index contributed by atoms with van der Waals surface area (Å²) in [6, 6.07) is -0.346. The number of aliphatic hydroxyl groups excluding tert-OH is 1. The summed E-state index contributed by atoms with van der Waals surface area (Å²) >= 11 is 0. The minimum atomic E-state index is -1.43. The van der Waals surface area contributed by atoms with Crippen LogP contribution in [-0.2, 0) is 4.79 Å². The van der Waals surface area contributed by atoms with Gasteiger partial charge in [0, 0.05) is 18.5 Å². The van der Waals surface area contributed by atoms with Crippen LogP contribution in [0.1, 0.15) is 40.0 Å². The summed E-state index contributed by atoms with van der Waals surface area (Å²) in [6.45, 7) is 6.00. The Balaban J connectivity index is 3.84. The third-order valence-electron chi connectivity index (χ3n) is 2.32. The van der Waals surface area contributed by atoms with Crippen molar-refractivity contribution < 1.29 is 19.8 Å². The van der Waals surface area contributed by atoms with Gasteiger partial charge in [0.1, 0.15) is 0 Å². The van der Waals surface area contributed by atoms with E-state index >= 15 is 0 Å². The fourth-order valence-corrected chi connectivity index (χ4v) is 1.48. The van der Waals surface area contributed by atoms with Crippen molar-refractivity contribution in [1.82, 2.24) is 10.6 Å². The Labute approximate surface area is 101 Å². The summed E-state index contributed by atoms with van der Waals surface area (Å²) in [5.74, 6) is -1.28. The highest BCUT2D eigenvalue weighted by Crippen LogP contribution is 2.09. The lowest BCUT2D eigenvalue weighted by Gasteiger charge is -2.25. The summed E-state index contributed by atoms with van der Waals surface area (Å²) in [4.78, 5) is 21.7. The molecule has 0 aromatic heterocycles. The van der Waals surface area contributed by atoms with Crippen molar-refractivity contribution >= 4 is 12.0 Å². The molecular weight excluding hydrogens is 224 g/mol. The Kier molecular flexibility index (Phi) is 6.57. The van der Waals surface area contributed by atoms with Gasteiger partial charge in [0.25, 0.3) is 0 Å². The van der Waals surface area contributed by atoms with Gasteiger partial charge in [0.15, 0.2) is 6.10 Å². The van der Waals surface area contributed by atoms with Crippen LogP contribution in [0.25, 0.3) is 0 Å². The molecule has 17 heavy (non-hydrogen) atoms. The highest BCUT2D eigenvalue weighted by molar-refractivity contribution is 5.75. The molecule has 0 spiro atoms. The maximum atomic E-state index is 11.4. The van der Waals surface area contributed by atoms with Crippen LogP contribution >= 0.6 is 0 Å². The lowest BCUT2D eigenvalue weighted by Crippen LogP contribution is -2.48. The predicted octanol–water partition coefficient (Wildman–Crippen LogP) is 0.700. The average molecular weight is 246 g/mol. The van der Waals surface area contributed by atoms with Crippen molar-refractivity contribution in [2.75, 3.05) is 6.54 Å². The summed E-state index contributed by atoms with van der Waals surface area (Å²) in [6.07, 6.45) is 0.388. The number of carbonyl (C=O) groups is 2. The number of carboxylic acid groups (broad SMARTS) is 1. The van der Waals surface area contributed by atoms with Crippen molar-refractivity contribution in [1.29, 1.82) is 0 Å². The number of amides is 2. The molecule has 0 fully saturated rings. The molecule has 6 nitrogen and oxygen atoms in total. The van der Waals surface area contributed by atoms with Gasteiger partial charge in [-0.3, -0.25) is 0 Å². The molecule has 4 N–H and O–H groups in total. The van der Waals surface area contributed by atoms with Crippen LogP contribution in [0.4, 0.5) is 4.79 Å². The molecular formula is C11H22N2O4. The zero-order valence-electron chi connectivity index (χ0n) is 10.6. The molecule has 6 heteroatoms. The molecule has 0 rings (SSSR count). The molecule has 0 bridgehead atoms. The lowest BCUT2D eigenvalue weighted by atomic mass is 9.99. The van der Waals surface area contributed by atoms with E-state index in [1.807, 2.05) is 20.8 Å². The summed E-state index contributed by atoms with van der Waals surface area (Å²) in [5, 5.41) is 22.7. The van der Waals surface area contributed by atoms with Crippen molar-refractivity contribution in [3.63, 3.8) is 0 Å². The van der Waals surface area contributed by atoms with Crippen LogP contribution in [0, 0.1) is 0 Å². The van der Waals surface area contributed by atoms with Gasteiger partial charge in [-0.1, -0.05) is 13.3 Å². The number of carboxylic acids is 1. The first-order valence-corrected chi connectivity index (χ1v) is 5.75. The van der Waals surface area contributed by atoms with Crippen molar-refractivity contribution in [2.45, 2.75) is 51.7 Å². The zero-order chi connectivity index (χ0) is 13.5. The maximum Gasteiger partial charge on any atom is 0.332 e. The molecule has 0 aliphatic rings. The molecule has 0 aromatic carbocycles. The van der Waals surface area contributed by atoms with Crippen molar-refractivity contribution in [3.8, 4) is 0 Å². The number of carbonyl (C=O) groups excluding carboxylic acids is 1. The first-order chi connectivity index (χ1) is 7.78. The molecule has 0 heterocycles. The van der Waals surface area contributed by atoms with Gasteiger partial charge in [-0.2, -0.15) is 0 Å². The van der Waals surface area contributed by atoms with Crippen LogP contribution < -0.4 is 10.6 Å². The van der Waals surface area contributed by atoms with E-state index in [0.717, 1.165) is 12.8 Å². The quantitative estimate of drug-likeness (QED) is 0.531. The Morgan fingerprint density at radius 2 is 1.94 bits per heavy atom. The first kappa shape index (κ1) is 15.7. The van der Waals surface area contributed by atoms with E-state index in [9.17, 15) is 9.59 Å². The average Bonchev–Trinajstić information content (AvgIpc) is 2.15.